The molecule has 0 aromatic carbocycles. The van der Waals surface area contributed by atoms with Crippen LogP contribution in [0, 0.1) is 0 Å². The Balaban J connectivity index is 2.16. The first kappa shape index (κ1) is 10.7. The molecule has 0 spiro atoms. The topological polar surface area (TPSA) is 29.0 Å². The lowest BCUT2D eigenvalue weighted by Crippen LogP contribution is -2.39. The van der Waals surface area contributed by atoms with Gasteiger partial charge in [-0.25, -0.2) is 0 Å². The third-order valence-electron chi connectivity index (χ3n) is 3.01. The largest absolute Gasteiger partial charge is 0.352 e. The zero-order chi connectivity index (χ0) is 10.7. The smallest absolute Gasteiger partial charge is 0.151 e. The summed E-state index contributed by atoms with van der Waals surface area (Å²) in [7, 11) is 0. The average molecular weight is 226 g/mol. The molecule has 0 unspecified atom stereocenters. The van der Waals surface area contributed by atoms with E-state index in [-0.39, 0.29) is 0 Å². The molecule has 4 heteroatoms. The van der Waals surface area contributed by atoms with E-state index in [2.05, 4.69) is 22.0 Å². The van der Waals surface area contributed by atoms with Gasteiger partial charge in [0.1, 0.15) is 0 Å². The number of halogens is 1. The van der Waals surface area contributed by atoms with Crippen molar-refractivity contribution < 1.29 is 0 Å². The van der Waals surface area contributed by atoms with E-state index in [1.165, 1.54) is 25.7 Å². The van der Waals surface area contributed by atoms with Crippen molar-refractivity contribution in [3.8, 4) is 0 Å². The SMILES string of the molecule is CC[C@H]1CCCCN1c1ccc(Cl)nn1. The van der Waals surface area contributed by atoms with Crippen LogP contribution in [0.25, 0.3) is 0 Å². The van der Waals surface area contributed by atoms with E-state index in [0.29, 0.717) is 11.2 Å². The molecule has 1 saturated heterocycles. The second-order valence-corrected chi connectivity index (χ2v) is 4.35. The lowest BCUT2D eigenvalue weighted by atomic mass is 10.0. The van der Waals surface area contributed by atoms with Gasteiger partial charge in [-0.3, -0.25) is 0 Å². The summed E-state index contributed by atoms with van der Waals surface area (Å²) >= 11 is 5.73. The van der Waals surface area contributed by atoms with Gasteiger partial charge in [-0.05, 0) is 37.8 Å². The van der Waals surface area contributed by atoms with Crippen molar-refractivity contribution in [3.63, 3.8) is 0 Å². The predicted octanol–water partition coefficient (Wildman–Crippen LogP) is 2.90. The standard InChI is InChI=1S/C11H16ClN3/c1-2-9-5-3-4-8-15(9)11-7-6-10(12)13-14-11/h6-7,9H,2-5,8H2,1H3/t9-/m0/s1. The summed E-state index contributed by atoms with van der Waals surface area (Å²) in [4.78, 5) is 2.35. The minimum absolute atomic E-state index is 0.462. The molecule has 0 saturated carbocycles. The Morgan fingerprint density at radius 2 is 2.27 bits per heavy atom. The minimum Gasteiger partial charge on any atom is -0.352 e. The van der Waals surface area contributed by atoms with Crippen molar-refractivity contribution in [2.45, 2.75) is 38.6 Å². The Hall–Kier alpha value is -0.830. The van der Waals surface area contributed by atoms with Gasteiger partial charge in [-0.1, -0.05) is 18.5 Å². The van der Waals surface area contributed by atoms with Gasteiger partial charge in [-0.15, -0.1) is 10.2 Å². The molecule has 3 nitrogen and oxygen atoms in total. The van der Waals surface area contributed by atoms with Gasteiger partial charge in [0, 0.05) is 12.6 Å². The van der Waals surface area contributed by atoms with E-state index < -0.39 is 0 Å². The summed E-state index contributed by atoms with van der Waals surface area (Å²) in [6.07, 6.45) is 5.02. The highest BCUT2D eigenvalue weighted by Crippen LogP contribution is 2.24. The molecule has 82 valence electrons. The number of anilines is 1. The molecule has 15 heavy (non-hydrogen) atoms. The van der Waals surface area contributed by atoms with E-state index in [4.69, 9.17) is 11.6 Å². The Morgan fingerprint density at radius 3 is 2.93 bits per heavy atom. The number of piperidine rings is 1. The van der Waals surface area contributed by atoms with Crippen LogP contribution in [0.2, 0.25) is 5.15 Å². The van der Waals surface area contributed by atoms with E-state index >= 15 is 0 Å². The lowest BCUT2D eigenvalue weighted by molar-refractivity contribution is 0.445. The van der Waals surface area contributed by atoms with E-state index in [1.807, 2.05) is 12.1 Å². The molecule has 0 N–H and O–H groups in total. The summed E-state index contributed by atoms with van der Waals surface area (Å²) in [5, 5.41) is 8.50. The minimum atomic E-state index is 0.462. The fourth-order valence-corrected chi connectivity index (χ4v) is 2.29. The van der Waals surface area contributed by atoms with Crippen LogP contribution in [0.5, 0.6) is 0 Å². The van der Waals surface area contributed by atoms with Crippen LogP contribution in [-0.2, 0) is 0 Å². The highest BCUT2D eigenvalue weighted by atomic mass is 35.5. The number of aromatic nitrogens is 2. The number of nitrogens with zero attached hydrogens (tertiary/aromatic N) is 3. The molecule has 2 rings (SSSR count). The normalized spacial score (nSPS) is 21.7. The van der Waals surface area contributed by atoms with Crippen molar-refractivity contribution in [2.75, 3.05) is 11.4 Å². The molecular weight excluding hydrogens is 210 g/mol. The van der Waals surface area contributed by atoms with Crippen LogP contribution in [0.1, 0.15) is 32.6 Å². The maximum Gasteiger partial charge on any atom is 0.151 e. The molecule has 0 bridgehead atoms. The summed E-state index contributed by atoms with van der Waals surface area (Å²) in [5.74, 6) is 0.964. The predicted molar refractivity (Wildman–Crippen MR) is 62.3 cm³/mol. The van der Waals surface area contributed by atoms with Gasteiger partial charge in [0.2, 0.25) is 0 Å². The highest BCUT2D eigenvalue weighted by Gasteiger charge is 2.21. The first-order chi connectivity index (χ1) is 7.31. The van der Waals surface area contributed by atoms with Crippen LogP contribution < -0.4 is 4.90 Å². The number of hydrogen-bond acceptors (Lipinski definition) is 3. The second kappa shape index (κ2) is 4.79. The van der Waals surface area contributed by atoms with Gasteiger partial charge >= 0.3 is 0 Å². The Kier molecular flexibility index (Phi) is 3.41. The molecule has 0 radical (unpaired) electrons. The van der Waals surface area contributed by atoms with Crippen molar-refractivity contribution >= 4 is 17.4 Å². The molecule has 1 aromatic heterocycles. The monoisotopic (exact) mass is 225 g/mol. The fraction of sp³-hybridized carbons (Fsp3) is 0.636. The van der Waals surface area contributed by atoms with Crippen LogP contribution in [0.4, 0.5) is 5.82 Å². The van der Waals surface area contributed by atoms with Gasteiger partial charge < -0.3 is 4.90 Å². The van der Waals surface area contributed by atoms with Gasteiger partial charge in [-0.2, -0.15) is 0 Å². The number of hydrogen-bond donors (Lipinski definition) is 0. The molecule has 0 amide bonds. The third-order valence-corrected chi connectivity index (χ3v) is 3.21. The molecular formula is C11H16ClN3. The Labute approximate surface area is 95.5 Å². The summed E-state index contributed by atoms with van der Waals surface area (Å²) in [5.41, 5.74) is 0. The summed E-state index contributed by atoms with van der Waals surface area (Å²) in [6, 6.07) is 4.39. The molecule has 1 aliphatic rings. The highest BCUT2D eigenvalue weighted by molar-refractivity contribution is 6.29. The maximum absolute atomic E-state index is 5.73. The quantitative estimate of drug-likeness (QED) is 0.775. The van der Waals surface area contributed by atoms with Crippen molar-refractivity contribution in [1.82, 2.24) is 10.2 Å². The van der Waals surface area contributed by atoms with Gasteiger partial charge in [0.15, 0.2) is 11.0 Å². The summed E-state index contributed by atoms with van der Waals surface area (Å²) < 4.78 is 0. The first-order valence-corrected chi connectivity index (χ1v) is 5.95. The van der Waals surface area contributed by atoms with Crippen LogP contribution in [0.3, 0.4) is 0 Å². The third kappa shape index (κ3) is 2.40. The van der Waals surface area contributed by atoms with Crippen molar-refractivity contribution in [3.05, 3.63) is 17.3 Å². The van der Waals surface area contributed by atoms with Gasteiger partial charge in [0.25, 0.3) is 0 Å². The van der Waals surface area contributed by atoms with Gasteiger partial charge in [0.05, 0.1) is 0 Å². The maximum atomic E-state index is 5.73. The zero-order valence-corrected chi connectivity index (χ0v) is 9.74. The van der Waals surface area contributed by atoms with Crippen molar-refractivity contribution in [2.24, 2.45) is 0 Å². The molecule has 2 heterocycles. The summed E-state index contributed by atoms with van der Waals surface area (Å²) in [6.45, 7) is 3.32. The zero-order valence-electron chi connectivity index (χ0n) is 8.99. The van der Waals surface area contributed by atoms with E-state index in [1.54, 1.807) is 0 Å². The average Bonchev–Trinajstić information content (AvgIpc) is 2.30. The molecule has 1 atom stereocenters. The number of rotatable bonds is 2. The van der Waals surface area contributed by atoms with E-state index in [9.17, 15) is 0 Å². The molecule has 1 fully saturated rings. The van der Waals surface area contributed by atoms with Crippen LogP contribution in [0.15, 0.2) is 12.1 Å². The Bertz CT molecular complexity index is 312. The molecule has 1 aromatic rings. The van der Waals surface area contributed by atoms with Crippen LogP contribution in [-0.4, -0.2) is 22.8 Å². The van der Waals surface area contributed by atoms with Crippen molar-refractivity contribution in [1.29, 1.82) is 0 Å². The fourth-order valence-electron chi connectivity index (χ4n) is 2.19. The lowest BCUT2D eigenvalue weighted by Gasteiger charge is -2.35. The second-order valence-electron chi connectivity index (χ2n) is 3.97. The molecule has 0 aliphatic carbocycles. The van der Waals surface area contributed by atoms with E-state index in [0.717, 1.165) is 12.4 Å². The van der Waals surface area contributed by atoms with Crippen LogP contribution >= 0.6 is 11.6 Å². The Morgan fingerprint density at radius 1 is 1.40 bits per heavy atom. The molecule has 1 aliphatic heterocycles. The first-order valence-electron chi connectivity index (χ1n) is 5.57.